The first-order chi connectivity index (χ1) is 16.1. The summed E-state index contributed by atoms with van der Waals surface area (Å²) in [6, 6.07) is 12.2. The van der Waals surface area contributed by atoms with Crippen molar-refractivity contribution >= 4 is 35.2 Å². The Kier molecular flexibility index (Phi) is 7.47. The molecule has 1 aromatic heterocycles. The summed E-state index contributed by atoms with van der Waals surface area (Å²) in [4.78, 5) is 45.4. The number of carbonyl (C=O) groups excluding carboxylic acids is 3. The topological polar surface area (TPSA) is 91.8 Å². The highest BCUT2D eigenvalue weighted by molar-refractivity contribution is 6.39. The van der Waals surface area contributed by atoms with Crippen LogP contribution in [0.3, 0.4) is 0 Å². The standard InChI is InChI=1S/C25H28N4O4/c30-22(12-11-20-5-4-6-23(26-20)28-15-17-33-18-16-28)19-7-9-21(10-8-19)27-24(31)25(32)29-13-2-1-3-14-29/h4-12H,1-3,13-18H2,(H,27,31)/b12-11+. The second-order valence-corrected chi connectivity index (χ2v) is 8.10. The van der Waals surface area contributed by atoms with Gasteiger partial charge < -0.3 is 19.9 Å². The van der Waals surface area contributed by atoms with E-state index in [-0.39, 0.29) is 5.78 Å². The highest BCUT2D eigenvalue weighted by Gasteiger charge is 2.23. The van der Waals surface area contributed by atoms with E-state index in [9.17, 15) is 14.4 Å². The number of pyridine rings is 1. The Bertz CT molecular complexity index is 1020. The molecule has 0 atom stereocenters. The zero-order valence-corrected chi connectivity index (χ0v) is 18.5. The zero-order valence-electron chi connectivity index (χ0n) is 18.5. The number of allylic oxidation sites excluding steroid dienone is 1. The van der Waals surface area contributed by atoms with Crippen LogP contribution in [0.2, 0.25) is 0 Å². The van der Waals surface area contributed by atoms with Crippen molar-refractivity contribution in [3.63, 3.8) is 0 Å². The largest absolute Gasteiger partial charge is 0.378 e. The first-order valence-electron chi connectivity index (χ1n) is 11.3. The molecule has 0 bridgehead atoms. The van der Waals surface area contributed by atoms with Crippen molar-refractivity contribution in [3.8, 4) is 0 Å². The van der Waals surface area contributed by atoms with Crippen LogP contribution >= 0.6 is 0 Å². The summed E-state index contributed by atoms with van der Waals surface area (Å²) >= 11 is 0. The lowest BCUT2D eigenvalue weighted by molar-refractivity contribution is -0.143. The van der Waals surface area contributed by atoms with Crippen LogP contribution in [0.4, 0.5) is 11.5 Å². The third kappa shape index (κ3) is 6.04. The Hall–Kier alpha value is -3.52. The Morgan fingerprint density at radius 2 is 1.64 bits per heavy atom. The number of hydrogen-bond acceptors (Lipinski definition) is 6. The molecular weight excluding hydrogens is 420 g/mol. The molecule has 1 aromatic carbocycles. The van der Waals surface area contributed by atoms with Crippen LogP contribution in [0.1, 0.15) is 35.3 Å². The Balaban J connectivity index is 1.34. The minimum Gasteiger partial charge on any atom is -0.378 e. The van der Waals surface area contributed by atoms with E-state index in [0.29, 0.717) is 43.2 Å². The van der Waals surface area contributed by atoms with Gasteiger partial charge in [-0.25, -0.2) is 4.98 Å². The molecule has 0 unspecified atom stereocenters. The fourth-order valence-electron chi connectivity index (χ4n) is 3.90. The fourth-order valence-corrected chi connectivity index (χ4v) is 3.90. The number of anilines is 2. The molecule has 1 N–H and O–H groups in total. The molecule has 0 radical (unpaired) electrons. The van der Waals surface area contributed by atoms with Crippen LogP contribution in [0, 0.1) is 0 Å². The summed E-state index contributed by atoms with van der Waals surface area (Å²) in [5.41, 5.74) is 1.66. The molecule has 2 amide bonds. The number of nitrogens with one attached hydrogen (secondary N) is 1. The number of amides is 2. The summed E-state index contributed by atoms with van der Waals surface area (Å²) in [5.74, 6) is -0.463. The monoisotopic (exact) mass is 448 g/mol. The van der Waals surface area contributed by atoms with Crippen LogP contribution in [-0.4, -0.2) is 66.9 Å². The van der Waals surface area contributed by atoms with Crippen molar-refractivity contribution in [2.24, 2.45) is 0 Å². The number of likely N-dealkylation sites (tertiary alicyclic amines) is 1. The predicted octanol–water partition coefficient (Wildman–Crippen LogP) is 2.77. The van der Waals surface area contributed by atoms with Gasteiger partial charge in [-0.15, -0.1) is 0 Å². The summed E-state index contributed by atoms with van der Waals surface area (Å²) in [6.07, 6.45) is 6.12. The second-order valence-electron chi connectivity index (χ2n) is 8.10. The summed E-state index contributed by atoms with van der Waals surface area (Å²) in [5, 5.41) is 2.62. The third-order valence-electron chi connectivity index (χ3n) is 5.76. The van der Waals surface area contributed by atoms with Gasteiger partial charge >= 0.3 is 11.8 Å². The molecule has 2 fully saturated rings. The fraction of sp³-hybridized carbons (Fsp3) is 0.360. The first-order valence-corrected chi connectivity index (χ1v) is 11.3. The molecule has 2 saturated heterocycles. The van der Waals surface area contributed by atoms with E-state index >= 15 is 0 Å². The number of benzene rings is 1. The van der Waals surface area contributed by atoms with Crippen LogP contribution < -0.4 is 10.2 Å². The average molecular weight is 449 g/mol. The normalized spacial score (nSPS) is 16.6. The van der Waals surface area contributed by atoms with Gasteiger partial charge in [-0.3, -0.25) is 14.4 Å². The lowest BCUT2D eigenvalue weighted by atomic mass is 10.1. The molecule has 33 heavy (non-hydrogen) atoms. The summed E-state index contributed by atoms with van der Waals surface area (Å²) in [7, 11) is 0. The van der Waals surface area contributed by atoms with Crippen LogP contribution in [0.15, 0.2) is 48.5 Å². The molecule has 2 aromatic rings. The van der Waals surface area contributed by atoms with Crippen molar-refractivity contribution in [3.05, 3.63) is 59.8 Å². The van der Waals surface area contributed by atoms with E-state index < -0.39 is 11.8 Å². The molecule has 4 rings (SSSR count). The van der Waals surface area contributed by atoms with E-state index in [2.05, 4.69) is 15.2 Å². The molecule has 0 saturated carbocycles. The van der Waals surface area contributed by atoms with Gasteiger partial charge in [0.25, 0.3) is 0 Å². The minimum absolute atomic E-state index is 0.171. The number of hydrogen-bond donors (Lipinski definition) is 1. The van der Waals surface area contributed by atoms with E-state index in [0.717, 1.165) is 38.2 Å². The SMILES string of the molecule is O=C(Nc1ccc(C(=O)/C=C/c2cccc(N3CCOCC3)n2)cc1)C(=O)N1CCCCC1. The number of carbonyl (C=O) groups is 3. The van der Waals surface area contributed by atoms with E-state index in [1.165, 1.54) is 6.08 Å². The molecule has 2 aliphatic rings. The van der Waals surface area contributed by atoms with Gasteiger partial charge in [0.1, 0.15) is 5.82 Å². The van der Waals surface area contributed by atoms with E-state index in [4.69, 9.17) is 4.74 Å². The maximum absolute atomic E-state index is 12.6. The Morgan fingerprint density at radius 3 is 2.36 bits per heavy atom. The minimum atomic E-state index is -0.651. The number of aromatic nitrogens is 1. The van der Waals surface area contributed by atoms with Gasteiger partial charge in [0.2, 0.25) is 0 Å². The van der Waals surface area contributed by atoms with Crippen molar-refractivity contribution < 1.29 is 19.1 Å². The highest BCUT2D eigenvalue weighted by Crippen LogP contribution is 2.16. The Morgan fingerprint density at radius 1 is 0.909 bits per heavy atom. The maximum atomic E-state index is 12.6. The highest BCUT2D eigenvalue weighted by atomic mass is 16.5. The Labute approximate surface area is 193 Å². The number of ether oxygens (including phenoxy) is 1. The quantitative estimate of drug-likeness (QED) is 0.430. The van der Waals surface area contributed by atoms with Crippen molar-refractivity contribution in [1.29, 1.82) is 0 Å². The molecule has 8 heteroatoms. The molecule has 2 aliphatic heterocycles. The van der Waals surface area contributed by atoms with Crippen molar-refractivity contribution in [2.75, 3.05) is 49.6 Å². The number of nitrogens with zero attached hydrogens (tertiary/aromatic N) is 3. The van der Waals surface area contributed by atoms with Gasteiger partial charge in [0.15, 0.2) is 5.78 Å². The number of rotatable bonds is 5. The number of morpholine rings is 1. The smallest absolute Gasteiger partial charge is 0.313 e. The molecule has 172 valence electrons. The van der Waals surface area contributed by atoms with Crippen LogP contribution in [-0.2, 0) is 14.3 Å². The predicted molar refractivity (Wildman–Crippen MR) is 126 cm³/mol. The van der Waals surface area contributed by atoms with Gasteiger partial charge in [0, 0.05) is 37.4 Å². The molecular formula is C25H28N4O4. The molecule has 3 heterocycles. The van der Waals surface area contributed by atoms with Gasteiger partial charge in [-0.2, -0.15) is 0 Å². The average Bonchev–Trinajstić information content (AvgIpc) is 2.88. The van der Waals surface area contributed by atoms with Crippen molar-refractivity contribution in [1.82, 2.24) is 9.88 Å². The molecule has 8 nitrogen and oxygen atoms in total. The third-order valence-corrected chi connectivity index (χ3v) is 5.76. The maximum Gasteiger partial charge on any atom is 0.313 e. The first kappa shape index (κ1) is 22.7. The lowest BCUT2D eigenvalue weighted by Crippen LogP contribution is -2.42. The second kappa shape index (κ2) is 10.9. The number of ketones is 1. The van der Waals surface area contributed by atoms with E-state index in [1.54, 1.807) is 35.2 Å². The van der Waals surface area contributed by atoms with Crippen LogP contribution in [0.5, 0.6) is 0 Å². The molecule has 0 spiro atoms. The summed E-state index contributed by atoms with van der Waals surface area (Å²) in [6.45, 7) is 4.20. The zero-order chi connectivity index (χ0) is 23.0. The number of piperidine rings is 1. The van der Waals surface area contributed by atoms with Gasteiger partial charge in [-0.1, -0.05) is 6.07 Å². The van der Waals surface area contributed by atoms with E-state index in [1.807, 2.05) is 18.2 Å². The summed E-state index contributed by atoms with van der Waals surface area (Å²) < 4.78 is 5.38. The van der Waals surface area contributed by atoms with Crippen molar-refractivity contribution in [2.45, 2.75) is 19.3 Å². The van der Waals surface area contributed by atoms with Crippen LogP contribution in [0.25, 0.3) is 6.08 Å². The lowest BCUT2D eigenvalue weighted by Gasteiger charge is -2.27. The van der Waals surface area contributed by atoms with Gasteiger partial charge in [-0.05, 0) is 67.8 Å². The molecule has 0 aliphatic carbocycles. The van der Waals surface area contributed by atoms with Gasteiger partial charge in [0.05, 0.1) is 18.9 Å².